The summed E-state index contributed by atoms with van der Waals surface area (Å²) in [5.74, 6) is -2.41. The molecule has 41 heavy (non-hydrogen) atoms. The summed E-state index contributed by atoms with van der Waals surface area (Å²) >= 11 is 0. The molecule has 226 valence electrons. The lowest BCUT2D eigenvalue weighted by Gasteiger charge is -2.18. The second-order valence-electron chi connectivity index (χ2n) is 9.94. The van der Waals surface area contributed by atoms with E-state index in [0.29, 0.717) is 36.9 Å². The van der Waals surface area contributed by atoms with Gasteiger partial charge >= 0.3 is 5.97 Å². The van der Waals surface area contributed by atoms with Crippen LogP contribution in [-0.4, -0.2) is 49.1 Å². The third-order valence-electron chi connectivity index (χ3n) is 6.51. The van der Waals surface area contributed by atoms with E-state index in [0.717, 1.165) is 43.2 Å². The zero-order valence-corrected chi connectivity index (χ0v) is 24.3. The van der Waals surface area contributed by atoms with E-state index in [4.69, 9.17) is 19.7 Å². The first-order chi connectivity index (χ1) is 19.7. The van der Waals surface area contributed by atoms with Crippen LogP contribution in [0.4, 0.5) is 8.78 Å². The second-order valence-corrected chi connectivity index (χ2v) is 9.94. The van der Waals surface area contributed by atoms with Crippen LogP contribution < -0.4 is 0 Å². The summed E-state index contributed by atoms with van der Waals surface area (Å²) in [6, 6.07) is 10.4. The number of carbonyl (C=O) groups excluding carboxylic acids is 2. The first-order valence-corrected chi connectivity index (χ1v) is 14.0. The SMILES string of the molecule is C=C(C)CO.C=C(CO)C(=O)OCCC(CCOC=O)c1ccc(-c2ccc(CCCCCCC)c(F)c2F)cc1. The van der Waals surface area contributed by atoms with Crippen molar-refractivity contribution in [2.24, 2.45) is 0 Å². The lowest BCUT2D eigenvalue weighted by molar-refractivity contribution is -0.139. The Labute approximate surface area is 242 Å². The Morgan fingerprint density at radius 2 is 1.56 bits per heavy atom. The number of ether oxygens (including phenoxy) is 2. The van der Waals surface area contributed by atoms with Gasteiger partial charge in [-0.3, -0.25) is 4.79 Å². The predicted molar refractivity (Wildman–Crippen MR) is 157 cm³/mol. The quantitative estimate of drug-likeness (QED) is 0.0667. The van der Waals surface area contributed by atoms with Crippen LogP contribution >= 0.6 is 0 Å². The maximum Gasteiger partial charge on any atom is 0.335 e. The van der Waals surface area contributed by atoms with Gasteiger partial charge in [-0.15, -0.1) is 0 Å². The number of aliphatic hydroxyl groups excluding tert-OH is 2. The zero-order chi connectivity index (χ0) is 30.6. The third kappa shape index (κ3) is 13.2. The Morgan fingerprint density at radius 1 is 0.927 bits per heavy atom. The van der Waals surface area contributed by atoms with Gasteiger partial charge in [0.15, 0.2) is 11.6 Å². The molecule has 2 aromatic carbocycles. The van der Waals surface area contributed by atoms with E-state index < -0.39 is 24.2 Å². The first kappa shape index (κ1) is 35.7. The van der Waals surface area contributed by atoms with E-state index in [1.165, 1.54) is 0 Å². The number of rotatable bonds is 18. The van der Waals surface area contributed by atoms with Crippen LogP contribution in [0, 0.1) is 11.6 Å². The molecule has 1 unspecified atom stereocenters. The summed E-state index contributed by atoms with van der Waals surface area (Å²) in [6.45, 7) is 11.1. The molecule has 0 fully saturated rings. The Balaban J connectivity index is 0.00000154. The highest BCUT2D eigenvalue weighted by Gasteiger charge is 2.17. The van der Waals surface area contributed by atoms with Crippen molar-refractivity contribution >= 4 is 12.4 Å². The molecule has 0 bridgehead atoms. The predicted octanol–water partition coefficient (Wildman–Crippen LogP) is 6.83. The molecule has 1 atom stereocenters. The molecular weight excluding hydrogens is 530 g/mol. The summed E-state index contributed by atoms with van der Waals surface area (Å²) in [7, 11) is 0. The second kappa shape index (κ2) is 20.5. The van der Waals surface area contributed by atoms with Gasteiger partial charge in [0.1, 0.15) is 0 Å². The van der Waals surface area contributed by atoms with Gasteiger partial charge in [0.2, 0.25) is 0 Å². The molecular formula is C33H44F2O6. The maximum absolute atomic E-state index is 14.9. The first-order valence-electron chi connectivity index (χ1n) is 14.0. The highest BCUT2D eigenvalue weighted by molar-refractivity contribution is 5.87. The molecule has 6 nitrogen and oxygen atoms in total. The molecule has 0 heterocycles. The highest BCUT2D eigenvalue weighted by atomic mass is 19.2. The zero-order valence-electron chi connectivity index (χ0n) is 24.3. The lowest BCUT2D eigenvalue weighted by atomic mass is 9.91. The van der Waals surface area contributed by atoms with Crippen LogP contribution in [0.5, 0.6) is 0 Å². The van der Waals surface area contributed by atoms with Crippen LogP contribution in [-0.2, 0) is 25.5 Å². The van der Waals surface area contributed by atoms with Gasteiger partial charge in [-0.25, -0.2) is 13.6 Å². The largest absolute Gasteiger partial charge is 0.468 e. The summed E-state index contributed by atoms with van der Waals surface area (Å²) in [5.41, 5.74) is 2.82. The van der Waals surface area contributed by atoms with Crippen LogP contribution in [0.1, 0.15) is 75.8 Å². The van der Waals surface area contributed by atoms with Crippen molar-refractivity contribution in [2.75, 3.05) is 26.4 Å². The summed E-state index contributed by atoms with van der Waals surface area (Å²) in [4.78, 5) is 22.2. The number of halogens is 2. The topological polar surface area (TPSA) is 93.1 Å². The van der Waals surface area contributed by atoms with Gasteiger partial charge in [-0.1, -0.05) is 87.7 Å². The van der Waals surface area contributed by atoms with Crippen molar-refractivity contribution in [1.82, 2.24) is 0 Å². The molecule has 0 amide bonds. The monoisotopic (exact) mass is 574 g/mol. The van der Waals surface area contributed by atoms with E-state index in [-0.39, 0.29) is 36.9 Å². The Morgan fingerprint density at radius 3 is 2.15 bits per heavy atom. The minimum Gasteiger partial charge on any atom is -0.468 e. The van der Waals surface area contributed by atoms with E-state index >= 15 is 0 Å². The summed E-state index contributed by atoms with van der Waals surface area (Å²) in [6.07, 6.45) is 6.70. The van der Waals surface area contributed by atoms with E-state index in [1.54, 1.807) is 31.2 Å². The molecule has 8 heteroatoms. The van der Waals surface area contributed by atoms with Gasteiger partial charge in [0.25, 0.3) is 6.47 Å². The fourth-order valence-corrected chi connectivity index (χ4v) is 4.06. The Hall–Kier alpha value is -3.36. The number of carbonyl (C=O) groups is 2. The molecule has 0 radical (unpaired) electrons. The minimum atomic E-state index is -0.847. The number of unbranched alkanes of at least 4 members (excludes halogenated alkanes) is 4. The number of hydrogen-bond acceptors (Lipinski definition) is 6. The van der Waals surface area contributed by atoms with Crippen molar-refractivity contribution in [3.05, 3.63) is 83.5 Å². The summed E-state index contributed by atoms with van der Waals surface area (Å²) in [5, 5.41) is 17.0. The van der Waals surface area contributed by atoms with E-state index in [2.05, 4.69) is 20.1 Å². The van der Waals surface area contributed by atoms with Crippen molar-refractivity contribution in [1.29, 1.82) is 0 Å². The van der Waals surface area contributed by atoms with Crippen molar-refractivity contribution in [2.45, 2.75) is 71.1 Å². The molecule has 2 N–H and O–H groups in total. The van der Waals surface area contributed by atoms with Crippen molar-refractivity contribution in [3.8, 4) is 11.1 Å². The number of benzene rings is 2. The Kier molecular flexibility index (Phi) is 17.8. The van der Waals surface area contributed by atoms with Crippen molar-refractivity contribution < 1.29 is 38.1 Å². The number of aryl methyl sites for hydroxylation is 1. The maximum atomic E-state index is 14.9. The number of hydrogen-bond donors (Lipinski definition) is 2. The van der Waals surface area contributed by atoms with Gasteiger partial charge < -0.3 is 19.7 Å². The molecule has 0 aliphatic rings. The van der Waals surface area contributed by atoms with E-state index in [9.17, 15) is 18.4 Å². The number of esters is 1. The van der Waals surface area contributed by atoms with E-state index in [1.807, 2.05) is 12.1 Å². The fourth-order valence-electron chi connectivity index (χ4n) is 4.06. The highest BCUT2D eigenvalue weighted by Crippen LogP contribution is 2.30. The molecule has 0 saturated carbocycles. The van der Waals surface area contributed by atoms with Gasteiger partial charge in [0.05, 0.1) is 32.0 Å². The van der Waals surface area contributed by atoms with Gasteiger partial charge in [0, 0.05) is 5.56 Å². The van der Waals surface area contributed by atoms with Crippen LogP contribution in [0.2, 0.25) is 0 Å². The van der Waals surface area contributed by atoms with Crippen LogP contribution in [0.15, 0.2) is 60.7 Å². The molecule has 2 aromatic rings. The van der Waals surface area contributed by atoms with Crippen LogP contribution in [0.25, 0.3) is 11.1 Å². The smallest absolute Gasteiger partial charge is 0.335 e. The molecule has 0 aromatic heterocycles. The van der Waals surface area contributed by atoms with Gasteiger partial charge in [-0.05, 0) is 55.2 Å². The molecule has 0 aliphatic heterocycles. The molecule has 0 saturated heterocycles. The van der Waals surface area contributed by atoms with Crippen LogP contribution in [0.3, 0.4) is 0 Å². The average molecular weight is 575 g/mol. The Bertz CT molecular complexity index is 1100. The standard InChI is InChI=1S/C29H36F2O5.C4H8O/c1-3-4-5-6-7-8-25-13-14-26(28(31)27(25)30)24-11-9-22(10-12-24)23(15-17-35-20-33)16-18-36-29(34)21(2)19-32;1-4(2)3-5/h9-14,20,23,32H,2-8,15-19H2,1H3;5H,1,3H2,2H3. The average Bonchev–Trinajstić information content (AvgIpc) is 2.98. The molecule has 2 rings (SSSR count). The third-order valence-corrected chi connectivity index (χ3v) is 6.51. The normalized spacial score (nSPS) is 11.2. The minimum absolute atomic E-state index is 0.0306. The molecule has 0 aliphatic carbocycles. The summed E-state index contributed by atoms with van der Waals surface area (Å²) < 4.78 is 39.5. The number of aliphatic hydroxyl groups is 2. The molecule has 0 spiro atoms. The fraction of sp³-hybridized carbons (Fsp3) is 0.455. The van der Waals surface area contributed by atoms with Crippen molar-refractivity contribution in [3.63, 3.8) is 0 Å². The van der Waals surface area contributed by atoms with Gasteiger partial charge in [-0.2, -0.15) is 0 Å². The lowest BCUT2D eigenvalue weighted by Crippen LogP contribution is -2.13.